The Morgan fingerprint density at radius 1 is 0.417 bits per heavy atom. The molecule has 0 amide bonds. The predicted octanol–water partition coefficient (Wildman–Crippen LogP) is 12.1. The summed E-state index contributed by atoms with van der Waals surface area (Å²) in [6, 6.07) is 52.2. The average molecular weight is 763 g/mol. The maximum Gasteiger partial charge on any atom is 0.333 e. The van der Waals surface area contributed by atoms with Crippen molar-refractivity contribution in [1.29, 1.82) is 0 Å². The van der Waals surface area contributed by atoms with Crippen LogP contribution < -0.4 is 10.9 Å². The largest absolute Gasteiger partial charge is 0.374 e. The Bertz CT molecular complexity index is 3860. The molecule has 0 saturated carbocycles. The fourth-order valence-electron chi connectivity index (χ4n) is 13.1. The highest BCUT2D eigenvalue weighted by molar-refractivity contribution is 6.90. The standard InChI is InChI=1S/C55H35BN4/c1-27-17-19-43-37(21-27)39-23-29(3)25-41-50(39)57(43)45-15-7-9-31-33-11-5-13-35-49(33)59(53(41)47(31)45)54-36-14-6-12-34-32-10-8-16-46-48(32)56(60(51(34)36)55(35)54)42-26-30(4)24-40-38-22-28(2)18-20-44(38)58(46)52(40)42/h5-26,53H,1-4H3. The van der Waals surface area contributed by atoms with Crippen molar-refractivity contribution in [1.82, 2.24) is 18.2 Å². The topological polar surface area (TPSA) is 19.7 Å². The molecule has 0 fully saturated rings. The molecule has 4 aromatic heterocycles. The van der Waals surface area contributed by atoms with E-state index in [1.54, 1.807) is 0 Å². The minimum Gasteiger partial charge on any atom is -0.374 e. The molecular weight excluding hydrogens is 727 g/mol. The molecule has 4 nitrogen and oxygen atoms in total. The number of aromatic nitrogens is 4. The van der Waals surface area contributed by atoms with Gasteiger partial charge in [0.1, 0.15) is 0 Å². The van der Waals surface area contributed by atoms with Crippen molar-refractivity contribution in [3.63, 3.8) is 0 Å². The van der Waals surface area contributed by atoms with Crippen molar-refractivity contribution in [3.8, 4) is 33.6 Å². The van der Waals surface area contributed by atoms with Gasteiger partial charge in [-0.2, -0.15) is 0 Å². The summed E-state index contributed by atoms with van der Waals surface area (Å²) in [6.45, 7) is 9.03. The van der Waals surface area contributed by atoms with Gasteiger partial charge in [-0.1, -0.05) is 102 Å². The second-order valence-electron chi connectivity index (χ2n) is 18.3. The van der Waals surface area contributed by atoms with Crippen LogP contribution in [0.1, 0.15) is 39.4 Å². The number of aryl methyl sites for hydroxylation is 4. The molecule has 1 atom stereocenters. The van der Waals surface area contributed by atoms with Crippen LogP contribution in [-0.2, 0) is 0 Å². The number of para-hydroxylation sites is 2. The van der Waals surface area contributed by atoms with E-state index in [2.05, 4.69) is 179 Å². The van der Waals surface area contributed by atoms with Crippen LogP contribution in [0.5, 0.6) is 0 Å². The Hall–Kier alpha value is -7.24. The molecule has 8 heterocycles. The van der Waals surface area contributed by atoms with E-state index in [1.807, 2.05) is 0 Å². The van der Waals surface area contributed by atoms with Crippen LogP contribution in [0.25, 0.3) is 110 Å². The smallest absolute Gasteiger partial charge is 0.333 e. The van der Waals surface area contributed by atoms with E-state index in [0.717, 1.165) is 0 Å². The highest BCUT2D eigenvalue weighted by Gasteiger charge is 2.45. The molecule has 0 spiro atoms. The van der Waals surface area contributed by atoms with Gasteiger partial charge in [0.15, 0.2) is 0 Å². The summed E-state index contributed by atoms with van der Waals surface area (Å²) >= 11 is 0. The summed E-state index contributed by atoms with van der Waals surface area (Å²) < 4.78 is 10.7. The van der Waals surface area contributed by atoms with E-state index in [4.69, 9.17) is 0 Å². The Balaban J connectivity index is 1.12. The van der Waals surface area contributed by atoms with Gasteiger partial charge in [-0.05, 0) is 104 Å². The number of hydrogen-bond donors (Lipinski definition) is 0. The minimum absolute atomic E-state index is 0.00982. The van der Waals surface area contributed by atoms with E-state index in [0.29, 0.717) is 0 Å². The summed E-state index contributed by atoms with van der Waals surface area (Å²) in [5.74, 6) is 0. The third-order valence-corrected chi connectivity index (χ3v) is 15.0. The molecule has 0 saturated heterocycles. The number of benzene rings is 8. The quantitative estimate of drug-likeness (QED) is 0.137. The summed E-state index contributed by atoms with van der Waals surface area (Å²) in [5, 5.41) is 8.03. The normalized spacial score (nSPS) is 15.1. The summed E-state index contributed by atoms with van der Waals surface area (Å²) in [5.41, 5.74) is 29.3. The zero-order valence-electron chi connectivity index (χ0n) is 33.6. The highest BCUT2D eigenvalue weighted by Crippen LogP contribution is 2.56. The van der Waals surface area contributed by atoms with Gasteiger partial charge < -0.3 is 18.2 Å². The lowest BCUT2D eigenvalue weighted by molar-refractivity contribution is 0.710. The Morgan fingerprint density at radius 3 is 1.75 bits per heavy atom. The van der Waals surface area contributed by atoms with Crippen molar-refractivity contribution in [2.45, 2.75) is 33.7 Å². The summed E-state index contributed by atoms with van der Waals surface area (Å²) in [6.07, 6.45) is 0. The van der Waals surface area contributed by atoms with E-state index >= 15 is 0 Å². The molecule has 278 valence electrons. The van der Waals surface area contributed by atoms with Crippen molar-refractivity contribution in [3.05, 3.63) is 167 Å². The van der Waals surface area contributed by atoms with Crippen molar-refractivity contribution < 1.29 is 0 Å². The van der Waals surface area contributed by atoms with E-state index in [-0.39, 0.29) is 12.9 Å². The van der Waals surface area contributed by atoms with Crippen LogP contribution >= 0.6 is 0 Å². The van der Waals surface area contributed by atoms with Crippen molar-refractivity contribution in [2.75, 3.05) is 0 Å². The van der Waals surface area contributed by atoms with Crippen molar-refractivity contribution in [2.24, 2.45) is 0 Å². The predicted molar refractivity (Wildman–Crippen MR) is 251 cm³/mol. The first-order valence-corrected chi connectivity index (χ1v) is 21.4. The zero-order valence-corrected chi connectivity index (χ0v) is 33.6. The van der Waals surface area contributed by atoms with E-state index < -0.39 is 0 Å². The molecule has 12 aromatic rings. The van der Waals surface area contributed by atoms with Gasteiger partial charge in [-0.25, -0.2) is 0 Å². The van der Waals surface area contributed by atoms with Crippen LogP contribution in [0.15, 0.2) is 133 Å². The zero-order chi connectivity index (χ0) is 39.2. The summed E-state index contributed by atoms with van der Waals surface area (Å²) in [7, 11) is 0. The fraction of sp³-hybridized carbons (Fsp3) is 0.0909. The number of rotatable bonds is 0. The molecule has 16 rings (SSSR count). The monoisotopic (exact) mass is 762 g/mol. The highest BCUT2D eigenvalue weighted by atomic mass is 15.1. The fourth-order valence-corrected chi connectivity index (χ4v) is 13.1. The summed E-state index contributed by atoms with van der Waals surface area (Å²) in [4.78, 5) is 0. The lowest BCUT2D eigenvalue weighted by atomic mass is 9.45. The Morgan fingerprint density at radius 2 is 1.00 bits per heavy atom. The second-order valence-corrected chi connectivity index (χ2v) is 18.3. The first kappa shape index (κ1) is 30.8. The molecule has 0 N–H and O–H groups in total. The number of nitrogens with zero attached hydrogens (tertiary/aromatic N) is 4. The SMILES string of the molecule is Cc1ccc2c(c1)c1cc(C)cc3c1n2-c1cccc2c1B3n1c3c-2cccc3c2c1c1cccc3c1n2C1c2c-3cccc2-n2c3ccc(C)cc3c3cc(C)cc1c32. The average Bonchev–Trinajstić information content (AvgIpc) is 3.97. The van der Waals surface area contributed by atoms with Crippen LogP contribution in [0.2, 0.25) is 0 Å². The number of fused-ring (bicyclic) bond motifs is 19. The number of hydrogen-bond acceptors (Lipinski definition) is 0. The maximum atomic E-state index is 2.79. The van der Waals surface area contributed by atoms with E-state index in [9.17, 15) is 0 Å². The Labute approximate surface area is 345 Å². The lowest BCUT2D eigenvalue weighted by Gasteiger charge is -2.36. The first-order valence-electron chi connectivity index (χ1n) is 21.4. The van der Waals surface area contributed by atoms with Crippen molar-refractivity contribution >= 4 is 94.2 Å². The third kappa shape index (κ3) is 3.18. The van der Waals surface area contributed by atoms with Gasteiger partial charge in [0.2, 0.25) is 0 Å². The molecule has 8 aromatic carbocycles. The van der Waals surface area contributed by atoms with Gasteiger partial charge in [0.25, 0.3) is 0 Å². The van der Waals surface area contributed by atoms with Gasteiger partial charge in [0, 0.05) is 65.8 Å². The van der Waals surface area contributed by atoms with Gasteiger partial charge in [0.05, 0.1) is 50.3 Å². The minimum atomic E-state index is 0.00982. The Kier molecular flexibility index (Phi) is 5.02. The molecule has 1 unspecified atom stereocenters. The van der Waals surface area contributed by atoms with Crippen LogP contribution in [0.4, 0.5) is 0 Å². The molecule has 60 heavy (non-hydrogen) atoms. The lowest BCUT2D eigenvalue weighted by Crippen LogP contribution is -2.55. The van der Waals surface area contributed by atoms with Gasteiger partial charge in [-0.15, -0.1) is 0 Å². The van der Waals surface area contributed by atoms with Gasteiger partial charge >= 0.3 is 6.85 Å². The van der Waals surface area contributed by atoms with Crippen LogP contribution in [0.3, 0.4) is 0 Å². The molecule has 0 bridgehead atoms. The first-order chi connectivity index (χ1) is 29.4. The van der Waals surface area contributed by atoms with Crippen LogP contribution in [0, 0.1) is 27.7 Å². The molecule has 5 heteroatoms. The van der Waals surface area contributed by atoms with Crippen LogP contribution in [-0.4, -0.2) is 25.0 Å². The molecule has 4 aliphatic heterocycles. The van der Waals surface area contributed by atoms with Gasteiger partial charge in [-0.3, -0.25) is 0 Å². The maximum absolute atomic E-state index is 2.79. The molecule has 0 radical (unpaired) electrons. The van der Waals surface area contributed by atoms with E-state index in [1.165, 1.54) is 154 Å². The molecular formula is C55H35BN4. The molecule has 4 aliphatic rings. The molecule has 0 aliphatic carbocycles. The second kappa shape index (κ2) is 9.78. The third-order valence-electron chi connectivity index (χ3n) is 15.0.